The molecule has 0 heterocycles. The molecule has 2 N–H and O–H groups in total. The largest absolute Gasteiger partial charge is 0.514 e. The molecule has 0 spiro atoms. The highest BCUT2D eigenvalue weighted by Crippen LogP contribution is 2.06. The van der Waals surface area contributed by atoms with E-state index in [1.807, 2.05) is 6.07 Å². The summed E-state index contributed by atoms with van der Waals surface area (Å²) < 4.78 is 0. The zero-order chi connectivity index (χ0) is 10.4. The SMILES string of the molecule is N#CC(=CO)C(=O)Nc1ccccc1. The molecule has 4 nitrogen and oxygen atoms in total. The van der Waals surface area contributed by atoms with E-state index in [0.717, 1.165) is 0 Å². The lowest BCUT2D eigenvalue weighted by molar-refractivity contribution is -0.112. The summed E-state index contributed by atoms with van der Waals surface area (Å²) in [7, 11) is 0. The third-order valence-electron chi connectivity index (χ3n) is 1.53. The van der Waals surface area contributed by atoms with Crippen molar-refractivity contribution in [3.8, 4) is 6.07 Å². The molecule has 0 saturated carbocycles. The molecule has 0 aromatic heterocycles. The van der Waals surface area contributed by atoms with E-state index in [9.17, 15) is 4.79 Å². The van der Waals surface area contributed by atoms with E-state index in [2.05, 4.69) is 5.32 Å². The van der Waals surface area contributed by atoms with Crippen molar-refractivity contribution >= 4 is 11.6 Å². The molecule has 1 amide bonds. The molecule has 0 fully saturated rings. The zero-order valence-corrected chi connectivity index (χ0v) is 7.27. The number of nitrogens with one attached hydrogen (secondary N) is 1. The topological polar surface area (TPSA) is 73.1 Å². The third-order valence-corrected chi connectivity index (χ3v) is 1.53. The van der Waals surface area contributed by atoms with Crippen LogP contribution in [0.2, 0.25) is 0 Å². The lowest BCUT2D eigenvalue weighted by Crippen LogP contribution is -2.13. The van der Waals surface area contributed by atoms with Crippen molar-refractivity contribution < 1.29 is 9.90 Å². The Kier molecular flexibility index (Phi) is 3.27. The van der Waals surface area contributed by atoms with Gasteiger partial charge in [0.05, 0.1) is 0 Å². The van der Waals surface area contributed by atoms with Gasteiger partial charge in [0, 0.05) is 5.69 Å². The molecule has 0 unspecified atom stereocenters. The number of carbonyl (C=O) groups is 1. The first kappa shape index (κ1) is 9.81. The van der Waals surface area contributed by atoms with Crippen LogP contribution in [0.5, 0.6) is 0 Å². The van der Waals surface area contributed by atoms with Crippen LogP contribution in [-0.4, -0.2) is 11.0 Å². The van der Waals surface area contributed by atoms with Crippen LogP contribution in [-0.2, 0) is 4.79 Å². The number of anilines is 1. The first-order chi connectivity index (χ1) is 6.77. The molecule has 70 valence electrons. The smallest absolute Gasteiger partial charge is 0.269 e. The fraction of sp³-hybridized carbons (Fsp3) is 0. The first-order valence-corrected chi connectivity index (χ1v) is 3.89. The second kappa shape index (κ2) is 4.67. The van der Waals surface area contributed by atoms with Gasteiger partial charge >= 0.3 is 0 Å². The molecule has 4 heteroatoms. The van der Waals surface area contributed by atoms with E-state index in [1.54, 1.807) is 30.3 Å². The third kappa shape index (κ3) is 2.35. The molecule has 1 rings (SSSR count). The predicted octanol–water partition coefficient (Wildman–Crippen LogP) is 1.59. The lowest BCUT2D eigenvalue weighted by atomic mass is 10.2. The molecule has 0 saturated heterocycles. The minimum absolute atomic E-state index is 0.325. The summed E-state index contributed by atoms with van der Waals surface area (Å²) in [4.78, 5) is 11.2. The Morgan fingerprint density at radius 1 is 1.43 bits per heavy atom. The number of benzene rings is 1. The van der Waals surface area contributed by atoms with Gasteiger partial charge in [0.1, 0.15) is 12.3 Å². The van der Waals surface area contributed by atoms with E-state index in [-0.39, 0.29) is 5.57 Å². The van der Waals surface area contributed by atoms with Gasteiger partial charge in [-0.2, -0.15) is 5.26 Å². The molecular weight excluding hydrogens is 180 g/mol. The molecule has 0 aliphatic rings. The summed E-state index contributed by atoms with van der Waals surface area (Å²) in [5.74, 6) is -0.624. The standard InChI is InChI=1S/C10H8N2O2/c11-6-8(7-13)10(14)12-9-4-2-1-3-5-9/h1-5,7,13H,(H,12,14). The lowest BCUT2D eigenvalue weighted by Gasteiger charge is -2.01. The number of para-hydroxylation sites is 1. The van der Waals surface area contributed by atoms with Crippen molar-refractivity contribution in [3.63, 3.8) is 0 Å². The van der Waals surface area contributed by atoms with Crippen LogP contribution < -0.4 is 5.32 Å². The monoisotopic (exact) mass is 188 g/mol. The fourth-order valence-electron chi connectivity index (χ4n) is 0.858. The Labute approximate surface area is 81.1 Å². The molecule has 0 atom stereocenters. The van der Waals surface area contributed by atoms with Gasteiger partial charge in [0.2, 0.25) is 0 Å². The summed E-state index contributed by atoms with van der Waals surface area (Å²) >= 11 is 0. The van der Waals surface area contributed by atoms with Crippen molar-refractivity contribution in [2.45, 2.75) is 0 Å². The second-order valence-electron chi connectivity index (χ2n) is 2.47. The van der Waals surface area contributed by atoms with Crippen LogP contribution in [0.3, 0.4) is 0 Å². The summed E-state index contributed by atoms with van der Waals surface area (Å²) in [5, 5.41) is 19.4. The maximum absolute atomic E-state index is 11.2. The van der Waals surface area contributed by atoms with Gasteiger partial charge in [0.15, 0.2) is 5.57 Å². The fourth-order valence-corrected chi connectivity index (χ4v) is 0.858. The number of carbonyl (C=O) groups excluding carboxylic acids is 1. The van der Waals surface area contributed by atoms with Crippen molar-refractivity contribution in [2.75, 3.05) is 5.32 Å². The molecule has 1 aromatic carbocycles. The van der Waals surface area contributed by atoms with Crippen molar-refractivity contribution in [3.05, 3.63) is 42.2 Å². The summed E-state index contributed by atoms with van der Waals surface area (Å²) in [6, 6.07) is 10.3. The maximum Gasteiger partial charge on any atom is 0.269 e. The summed E-state index contributed by atoms with van der Waals surface area (Å²) in [6.07, 6.45) is 0.484. The predicted molar refractivity (Wildman–Crippen MR) is 51.4 cm³/mol. The number of hydrogen-bond donors (Lipinski definition) is 2. The molecule has 14 heavy (non-hydrogen) atoms. The van der Waals surface area contributed by atoms with Gasteiger partial charge in [-0.05, 0) is 12.1 Å². The van der Waals surface area contributed by atoms with Gasteiger partial charge in [-0.25, -0.2) is 0 Å². The van der Waals surface area contributed by atoms with Crippen LogP contribution >= 0.6 is 0 Å². The van der Waals surface area contributed by atoms with E-state index in [4.69, 9.17) is 10.4 Å². The van der Waals surface area contributed by atoms with E-state index in [0.29, 0.717) is 11.9 Å². The Bertz CT molecular complexity index is 390. The van der Waals surface area contributed by atoms with Gasteiger partial charge in [-0.1, -0.05) is 18.2 Å². The van der Waals surface area contributed by atoms with Crippen LogP contribution in [0.25, 0.3) is 0 Å². The number of nitriles is 1. The number of rotatable bonds is 2. The van der Waals surface area contributed by atoms with Gasteiger partial charge in [-0.3, -0.25) is 4.79 Å². The molecule has 0 bridgehead atoms. The Morgan fingerprint density at radius 2 is 2.07 bits per heavy atom. The quantitative estimate of drug-likeness (QED) is 0.420. The average Bonchev–Trinajstić information content (AvgIpc) is 2.21. The Hall–Kier alpha value is -2.28. The zero-order valence-electron chi connectivity index (χ0n) is 7.27. The van der Waals surface area contributed by atoms with Gasteiger partial charge in [-0.15, -0.1) is 0 Å². The molecule has 0 aliphatic carbocycles. The molecule has 0 radical (unpaired) electrons. The molecule has 0 aliphatic heterocycles. The number of aliphatic hydroxyl groups excluding tert-OH is 1. The van der Waals surface area contributed by atoms with Crippen LogP contribution in [0.15, 0.2) is 42.2 Å². The van der Waals surface area contributed by atoms with Gasteiger partial charge < -0.3 is 10.4 Å². The van der Waals surface area contributed by atoms with Crippen LogP contribution in [0.4, 0.5) is 5.69 Å². The van der Waals surface area contributed by atoms with E-state index >= 15 is 0 Å². The Balaban J connectivity index is 2.73. The highest BCUT2D eigenvalue weighted by Gasteiger charge is 2.08. The first-order valence-electron chi connectivity index (χ1n) is 3.89. The highest BCUT2D eigenvalue weighted by atomic mass is 16.2. The average molecular weight is 188 g/mol. The number of hydrogen-bond acceptors (Lipinski definition) is 3. The van der Waals surface area contributed by atoms with Crippen LogP contribution in [0, 0.1) is 11.3 Å². The van der Waals surface area contributed by atoms with Crippen molar-refractivity contribution in [1.82, 2.24) is 0 Å². The molecular formula is C10H8N2O2. The second-order valence-corrected chi connectivity index (χ2v) is 2.47. The normalized spacial score (nSPS) is 10.4. The minimum Gasteiger partial charge on any atom is -0.514 e. The highest BCUT2D eigenvalue weighted by molar-refractivity contribution is 6.06. The molecule has 1 aromatic rings. The minimum atomic E-state index is -0.624. The van der Waals surface area contributed by atoms with Gasteiger partial charge in [0.25, 0.3) is 5.91 Å². The van der Waals surface area contributed by atoms with E-state index < -0.39 is 5.91 Å². The van der Waals surface area contributed by atoms with Crippen molar-refractivity contribution in [2.24, 2.45) is 0 Å². The van der Waals surface area contributed by atoms with E-state index in [1.165, 1.54) is 0 Å². The summed E-state index contributed by atoms with van der Waals surface area (Å²) in [5.41, 5.74) is 0.251. The summed E-state index contributed by atoms with van der Waals surface area (Å²) in [6.45, 7) is 0. The number of amides is 1. The Morgan fingerprint density at radius 3 is 2.57 bits per heavy atom. The van der Waals surface area contributed by atoms with Crippen molar-refractivity contribution in [1.29, 1.82) is 5.26 Å². The number of nitrogens with zero attached hydrogens (tertiary/aromatic N) is 1. The maximum atomic E-state index is 11.2. The number of aliphatic hydroxyl groups is 1. The van der Waals surface area contributed by atoms with Crippen LogP contribution in [0.1, 0.15) is 0 Å².